The summed E-state index contributed by atoms with van der Waals surface area (Å²) in [5, 5.41) is 2.63. The molecule has 20 heavy (non-hydrogen) atoms. The molecule has 2 unspecified atom stereocenters. The van der Waals surface area contributed by atoms with Gasteiger partial charge in [-0.25, -0.2) is 0 Å². The molecular weight excluding hydrogens is 277 g/mol. The summed E-state index contributed by atoms with van der Waals surface area (Å²) in [7, 11) is 0. The lowest BCUT2D eigenvalue weighted by molar-refractivity contribution is -0.325. The fraction of sp³-hybridized carbons (Fsp3) is 0.833. The van der Waals surface area contributed by atoms with Gasteiger partial charge in [-0.1, -0.05) is 6.92 Å². The van der Waals surface area contributed by atoms with Crippen molar-refractivity contribution in [3.8, 4) is 0 Å². The van der Waals surface area contributed by atoms with E-state index in [9.17, 15) is 22.8 Å². The molecule has 5 nitrogen and oxygen atoms in total. The van der Waals surface area contributed by atoms with Crippen molar-refractivity contribution < 1.29 is 27.5 Å². The van der Waals surface area contributed by atoms with Gasteiger partial charge in [0.15, 0.2) is 0 Å². The van der Waals surface area contributed by atoms with Gasteiger partial charge in [-0.05, 0) is 20.3 Å². The Morgan fingerprint density at radius 3 is 2.55 bits per heavy atom. The predicted molar refractivity (Wildman–Crippen MR) is 64.6 cm³/mol. The highest BCUT2D eigenvalue weighted by Gasteiger charge is 2.42. The Kier molecular flexibility index (Phi) is 5.01. The van der Waals surface area contributed by atoms with Crippen LogP contribution in [0.3, 0.4) is 0 Å². The van der Waals surface area contributed by atoms with Crippen LogP contribution in [0.15, 0.2) is 0 Å². The Hall–Kier alpha value is -1.31. The first-order valence-corrected chi connectivity index (χ1v) is 6.42. The highest BCUT2D eigenvalue weighted by atomic mass is 19.4. The van der Waals surface area contributed by atoms with Gasteiger partial charge < -0.3 is 10.2 Å². The summed E-state index contributed by atoms with van der Waals surface area (Å²) in [6, 6.07) is -0.465. The molecule has 1 aliphatic rings. The zero-order valence-corrected chi connectivity index (χ0v) is 11.7. The van der Waals surface area contributed by atoms with Gasteiger partial charge in [0, 0.05) is 19.0 Å². The van der Waals surface area contributed by atoms with Crippen molar-refractivity contribution in [1.29, 1.82) is 0 Å². The maximum absolute atomic E-state index is 12.4. The molecular formula is C12H19F3N2O3. The van der Waals surface area contributed by atoms with Crippen molar-refractivity contribution in [2.75, 3.05) is 13.2 Å². The molecule has 1 rings (SSSR count). The van der Waals surface area contributed by atoms with Gasteiger partial charge in [0.25, 0.3) is 0 Å². The lowest BCUT2D eigenvalue weighted by atomic mass is 9.97. The molecule has 1 saturated heterocycles. The maximum Gasteiger partial charge on any atom is 0.522 e. The minimum absolute atomic E-state index is 0.0628. The molecule has 0 aliphatic carbocycles. The van der Waals surface area contributed by atoms with Crippen LogP contribution in [0.5, 0.6) is 0 Å². The van der Waals surface area contributed by atoms with Crippen LogP contribution in [0.2, 0.25) is 0 Å². The number of amides is 2. The number of rotatable bonds is 4. The predicted octanol–water partition coefficient (Wildman–Crippen LogP) is 1.43. The van der Waals surface area contributed by atoms with E-state index in [-0.39, 0.29) is 24.8 Å². The third kappa shape index (κ3) is 4.09. The van der Waals surface area contributed by atoms with E-state index in [1.165, 1.54) is 4.90 Å². The van der Waals surface area contributed by atoms with Crippen LogP contribution >= 0.6 is 0 Å². The van der Waals surface area contributed by atoms with E-state index < -0.39 is 24.6 Å². The van der Waals surface area contributed by atoms with Crippen molar-refractivity contribution >= 4 is 11.8 Å². The van der Waals surface area contributed by atoms with Gasteiger partial charge in [0.1, 0.15) is 5.54 Å². The normalized spacial score (nSPS) is 28.3. The van der Waals surface area contributed by atoms with Crippen molar-refractivity contribution in [1.82, 2.24) is 10.2 Å². The fourth-order valence-corrected chi connectivity index (χ4v) is 2.13. The van der Waals surface area contributed by atoms with Crippen LogP contribution in [0.4, 0.5) is 13.2 Å². The van der Waals surface area contributed by atoms with E-state index in [0.717, 1.165) is 0 Å². The highest BCUT2D eigenvalue weighted by molar-refractivity contribution is 5.93. The van der Waals surface area contributed by atoms with Gasteiger partial charge >= 0.3 is 6.36 Å². The van der Waals surface area contributed by atoms with Gasteiger partial charge in [-0.15, -0.1) is 13.2 Å². The molecule has 0 aromatic heterocycles. The number of hydrogen-bond donors (Lipinski definition) is 1. The Balaban J connectivity index is 2.80. The highest BCUT2D eigenvalue weighted by Crippen LogP contribution is 2.22. The zero-order valence-electron chi connectivity index (χ0n) is 11.7. The van der Waals surface area contributed by atoms with E-state index in [1.807, 2.05) is 0 Å². The Morgan fingerprint density at radius 2 is 2.05 bits per heavy atom. The minimum Gasteiger partial charge on any atom is -0.342 e. The van der Waals surface area contributed by atoms with Crippen molar-refractivity contribution in [2.24, 2.45) is 0 Å². The summed E-state index contributed by atoms with van der Waals surface area (Å²) in [6.07, 6.45) is -4.30. The smallest absolute Gasteiger partial charge is 0.342 e. The average Bonchev–Trinajstić information content (AvgIpc) is 2.38. The van der Waals surface area contributed by atoms with Crippen LogP contribution in [-0.2, 0) is 14.3 Å². The van der Waals surface area contributed by atoms with E-state index in [4.69, 9.17) is 0 Å². The lowest BCUT2D eigenvalue weighted by Gasteiger charge is -2.33. The number of hydrogen-bond acceptors (Lipinski definition) is 3. The van der Waals surface area contributed by atoms with E-state index in [1.54, 1.807) is 20.8 Å². The van der Waals surface area contributed by atoms with E-state index in [2.05, 4.69) is 10.1 Å². The topological polar surface area (TPSA) is 58.6 Å². The zero-order chi connectivity index (χ0) is 15.6. The first-order chi connectivity index (χ1) is 9.09. The third-order valence-electron chi connectivity index (χ3n) is 3.47. The Bertz CT molecular complexity index is 387. The average molecular weight is 296 g/mol. The van der Waals surface area contributed by atoms with Crippen LogP contribution in [0.25, 0.3) is 0 Å². The summed E-state index contributed by atoms with van der Waals surface area (Å²) >= 11 is 0. The van der Waals surface area contributed by atoms with E-state index >= 15 is 0 Å². The first-order valence-electron chi connectivity index (χ1n) is 6.42. The van der Waals surface area contributed by atoms with Crippen molar-refractivity contribution in [3.05, 3.63) is 0 Å². The van der Waals surface area contributed by atoms with E-state index in [0.29, 0.717) is 6.42 Å². The lowest BCUT2D eigenvalue weighted by Crippen LogP contribution is -2.56. The standard InChI is InChI=1S/C12H19F3N2O3/c1-4-11(3)10(19)17(5-6-20-12(13,14)15)8(2)7-9(18)16-11/h8H,4-7H2,1-3H3,(H,16,18). The van der Waals surface area contributed by atoms with Crippen LogP contribution in [0, 0.1) is 0 Å². The summed E-state index contributed by atoms with van der Waals surface area (Å²) in [4.78, 5) is 25.3. The van der Waals surface area contributed by atoms with Gasteiger partial charge in [0.05, 0.1) is 6.61 Å². The molecule has 0 aromatic carbocycles. The molecule has 0 aromatic rings. The number of alkyl halides is 3. The third-order valence-corrected chi connectivity index (χ3v) is 3.47. The molecule has 1 aliphatic heterocycles. The van der Waals surface area contributed by atoms with Crippen molar-refractivity contribution in [2.45, 2.75) is 51.6 Å². The number of carbonyl (C=O) groups is 2. The molecule has 0 saturated carbocycles. The molecule has 0 spiro atoms. The number of halogens is 3. The van der Waals surface area contributed by atoms with Crippen LogP contribution in [0.1, 0.15) is 33.6 Å². The Morgan fingerprint density at radius 1 is 1.45 bits per heavy atom. The monoisotopic (exact) mass is 296 g/mol. The fourth-order valence-electron chi connectivity index (χ4n) is 2.13. The second kappa shape index (κ2) is 5.99. The summed E-state index contributed by atoms with van der Waals surface area (Å²) in [5.41, 5.74) is -1.08. The summed E-state index contributed by atoms with van der Waals surface area (Å²) < 4.78 is 39.6. The van der Waals surface area contributed by atoms with Gasteiger partial charge in [0.2, 0.25) is 11.8 Å². The van der Waals surface area contributed by atoms with Gasteiger partial charge in [-0.2, -0.15) is 0 Å². The molecule has 2 atom stereocenters. The Labute approximate surface area is 115 Å². The quantitative estimate of drug-likeness (QED) is 0.854. The van der Waals surface area contributed by atoms with Gasteiger partial charge in [-0.3, -0.25) is 14.3 Å². The largest absolute Gasteiger partial charge is 0.522 e. The molecule has 1 heterocycles. The molecule has 0 radical (unpaired) electrons. The molecule has 2 amide bonds. The molecule has 116 valence electrons. The number of carbonyl (C=O) groups excluding carboxylic acids is 2. The number of nitrogens with one attached hydrogen (secondary N) is 1. The van der Waals surface area contributed by atoms with Crippen LogP contribution in [-0.4, -0.2) is 47.8 Å². The summed E-state index contributed by atoms with van der Waals surface area (Å²) in [5.74, 6) is -0.668. The molecule has 1 N–H and O–H groups in total. The SMILES string of the molecule is CCC1(C)NC(=O)CC(C)N(CCOC(F)(F)F)C1=O. The molecule has 8 heteroatoms. The van der Waals surface area contributed by atoms with Crippen LogP contribution < -0.4 is 5.32 Å². The number of nitrogens with zero attached hydrogens (tertiary/aromatic N) is 1. The molecule has 0 bridgehead atoms. The second-order valence-corrected chi connectivity index (χ2v) is 5.08. The minimum atomic E-state index is -4.72. The first kappa shape index (κ1) is 16.7. The number of ether oxygens (including phenoxy) is 1. The maximum atomic E-state index is 12.4. The second-order valence-electron chi connectivity index (χ2n) is 5.08. The summed E-state index contributed by atoms with van der Waals surface area (Å²) in [6.45, 7) is 4.09. The molecule has 1 fully saturated rings. The van der Waals surface area contributed by atoms with Crippen molar-refractivity contribution in [3.63, 3.8) is 0 Å².